The Bertz CT molecular complexity index is 267. The van der Waals surface area contributed by atoms with Crippen molar-refractivity contribution in [3.8, 4) is 0 Å². The van der Waals surface area contributed by atoms with Crippen molar-refractivity contribution in [1.82, 2.24) is 9.78 Å². The Morgan fingerprint density at radius 3 is 2.91 bits per heavy atom. The van der Waals surface area contributed by atoms with Crippen molar-refractivity contribution in [3.63, 3.8) is 0 Å². The first-order chi connectivity index (χ1) is 5.31. The lowest BCUT2D eigenvalue weighted by Gasteiger charge is -1.92. The van der Waals surface area contributed by atoms with Crippen LogP contribution >= 0.6 is 0 Å². The minimum atomic E-state index is -0.403. The Labute approximate surface area is 63.5 Å². The van der Waals surface area contributed by atoms with E-state index in [1.165, 1.54) is 6.20 Å². The predicted molar refractivity (Wildman–Crippen MR) is 36.4 cm³/mol. The smallest absolute Gasteiger partial charge is 0.166 e. The van der Waals surface area contributed by atoms with Gasteiger partial charge in [0.2, 0.25) is 0 Å². The minimum absolute atomic E-state index is 0.150. The van der Waals surface area contributed by atoms with E-state index in [1.54, 1.807) is 4.68 Å². The van der Waals surface area contributed by atoms with Crippen LogP contribution in [-0.4, -0.2) is 14.9 Å². The maximum atomic E-state index is 12.8. The summed E-state index contributed by atoms with van der Waals surface area (Å²) in [6.07, 6.45) is 3.50. The molecule has 0 spiro atoms. The van der Waals surface area contributed by atoms with Gasteiger partial charge in [-0.3, -0.25) is 4.68 Å². The van der Waals surface area contributed by atoms with Crippen LogP contribution in [0.1, 0.15) is 24.6 Å². The van der Waals surface area contributed by atoms with Gasteiger partial charge < -0.3 is 5.11 Å². The van der Waals surface area contributed by atoms with Gasteiger partial charge in [0.25, 0.3) is 0 Å². The molecule has 1 fully saturated rings. The first-order valence-corrected chi connectivity index (χ1v) is 3.65. The van der Waals surface area contributed by atoms with Crippen LogP contribution in [0.5, 0.6) is 0 Å². The average Bonchev–Trinajstić information content (AvgIpc) is 2.76. The maximum Gasteiger partial charge on any atom is 0.166 e. The van der Waals surface area contributed by atoms with E-state index in [0.29, 0.717) is 6.04 Å². The van der Waals surface area contributed by atoms with Gasteiger partial charge in [0.05, 0.1) is 18.8 Å². The van der Waals surface area contributed by atoms with Gasteiger partial charge in [0, 0.05) is 0 Å². The molecule has 1 N–H and O–H groups in total. The van der Waals surface area contributed by atoms with Crippen molar-refractivity contribution >= 4 is 0 Å². The zero-order valence-corrected chi connectivity index (χ0v) is 6.00. The molecule has 1 aliphatic carbocycles. The van der Waals surface area contributed by atoms with Gasteiger partial charge >= 0.3 is 0 Å². The van der Waals surface area contributed by atoms with Gasteiger partial charge in [-0.05, 0) is 12.8 Å². The van der Waals surface area contributed by atoms with Crippen molar-refractivity contribution in [3.05, 3.63) is 17.7 Å². The number of hydrogen-bond donors (Lipinski definition) is 1. The molecular weight excluding hydrogens is 147 g/mol. The Morgan fingerprint density at radius 2 is 2.45 bits per heavy atom. The number of halogens is 1. The van der Waals surface area contributed by atoms with Crippen LogP contribution in [0.3, 0.4) is 0 Å². The van der Waals surface area contributed by atoms with E-state index in [1.807, 2.05) is 0 Å². The fourth-order valence-corrected chi connectivity index (χ4v) is 1.04. The van der Waals surface area contributed by atoms with Crippen molar-refractivity contribution in [1.29, 1.82) is 0 Å². The number of rotatable bonds is 2. The summed E-state index contributed by atoms with van der Waals surface area (Å²) in [6, 6.07) is 0.379. The summed E-state index contributed by atoms with van der Waals surface area (Å²) < 4.78 is 14.4. The predicted octanol–water partition coefficient (Wildman–Crippen LogP) is 0.849. The lowest BCUT2D eigenvalue weighted by molar-refractivity contribution is 0.269. The second kappa shape index (κ2) is 2.30. The van der Waals surface area contributed by atoms with E-state index in [-0.39, 0.29) is 12.3 Å². The molecule has 1 aliphatic rings. The molecule has 1 saturated carbocycles. The molecule has 0 aromatic carbocycles. The summed E-state index contributed by atoms with van der Waals surface area (Å²) >= 11 is 0. The van der Waals surface area contributed by atoms with Crippen LogP contribution in [0, 0.1) is 5.82 Å². The lowest BCUT2D eigenvalue weighted by atomic mass is 10.4. The Hall–Kier alpha value is -0.900. The van der Waals surface area contributed by atoms with E-state index in [0.717, 1.165) is 12.8 Å². The van der Waals surface area contributed by atoms with E-state index < -0.39 is 5.82 Å². The fourth-order valence-electron chi connectivity index (χ4n) is 1.04. The van der Waals surface area contributed by atoms with Crippen LogP contribution in [0.2, 0.25) is 0 Å². The summed E-state index contributed by atoms with van der Waals surface area (Å²) in [6.45, 7) is -0.314. The maximum absolute atomic E-state index is 12.8. The molecule has 4 heteroatoms. The molecule has 0 atom stereocenters. The molecule has 0 aliphatic heterocycles. The highest BCUT2D eigenvalue weighted by molar-refractivity contribution is 5.03. The molecular formula is C7H9FN2O. The average molecular weight is 156 g/mol. The first kappa shape index (κ1) is 6.79. The molecule has 0 unspecified atom stereocenters. The molecule has 1 heterocycles. The third-order valence-electron chi connectivity index (χ3n) is 1.83. The minimum Gasteiger partial charge on any atom is -0.390 e. The van der Waals surface area contributed by atoms with Crippen molar-refractivity contribution < 1.29 is 9.50 Å². The largest absolute Gasteiger partial charge is 0.390 e. The highest BCUT2D eigenvalue weighted by Crippen LogP contribution is 2.34. The number of aromatic nitrogens is 2. The van der Waals surface area contributed by atoms with Crippen molar-refractivity contribution in [2.45, 2.75) is 25.5 Å². The zero-order chi connectivity index (χ0) is 7.84. The number of hydrogen-bond acceptors (Lipinski definition) is 2. The summed E-state index contributed by atoms with van der Waals surface area (Å²) in [5.41, 5.74) is 0.150. The number of aliphatic hydroxyl groups is 1. The van der Waals surface area contributed by atoms with Crippen LogP contribution in [-0.2, 0) is 6.61 Å². The fraction of sp³-hybridized carbons (Fsp3) is 0.571. The molecule has 0 saturated heterocycles. The van der Waals surface area contributed by atoms with Crippen LogP contribution in [0.25, 0.3) is 0 Å². The monoisotopic (exact) mass is 156 g/mol. The molecule has 0 amide bonds. The van der Waals surface area contributed by atoms with E-state index in [9.17, 15) is 4.39 Å². The standard InChI is InChI=1S/C7H9FN2O/c8-6-3-10(5-1-2-5)9-7(6)4-11/h3,5,11H,1-2,4H2. The summed E-state index contributed by atoms with van der Waals surface area (Å²) in [5.74, 6) is -0.403. The molecule has 1 aromatic heterocycles. The van der Waals surface area contributed by atoms with Crippen LogP contribution in [0.15, 0.2) is 6.20 Å². The molecule has 2 rings (SSSR count). The number of nitrogens with zero attached hydrogens (tertiary/aromatic N) is 2. The Morgan fingerprint density at radius 1 is 1.73 bits per heavy atom. The van der Waals surface area contributed by atoms with E-state index in [4.69, 9.17) is 5.11 Å². The highest BCUT2D eigenvalue weighted by atomic mass is 19.1. The first-order valence-electron chi connectivity index (χ1n) is 3.65. The second-order valence-electron chi connectivity index (χ2n) is 2.79. The zero-order valence-electron chi connectivity index (χ0n) is 6.00. The van der Waals surface area contributed by atoms with Gasteiger partial charge in [-0.1, -0.05) is 0 Å². The molecule has 3 nitrogen and oxygen atoms in total. The summed E-state index contributed by atoms with van der Waals surface area (Å²) in [7, 11) is 0. The molecule has 60 valence electrons. The van der Waals surface area contributed by atoms with Gasteiger partial charge in [-0.2, -0.15) is 5.10 Å². The molecule has 0 radical (unpaired) electrons. The molecule has 11 heavy (non-hydrogen) atoms. The van der Waals surface area contributed by atoms with Crippen molar-refractivity contribution in [2.24, 2.45) is 0 Å². The van der Waals surface area contributed by atoms with Gasteiger partial charge in [0.1, 0.15) is 5.69 Å². The second-order valence-corrected chi connectivity index (χ2v) is 2.79. The number of aliphatic hydroxyl groups excluding tert-OH is 1. The van der Waals surface area contributed by atoms with Gasteiger partial charge in [-0.15, -0.1) is 0 Å². The van der Waals surface area contributed by atoms with E-state index in [2.05, 4.69) is 5.10 Å². The molecule has 0 bridgehead atoms. The third kappa shape index (κ3) is 1.14. The van der Waals surface area contributed by atoms with Gasteiger partial charge in [0.15, 0.2) is 5.82 Å². The lowest BCUT2D eigenvalue weighted by Crippen LogP contribution is -1.95. The van der Waals surface area contributed by atoms with Crippen LogP contribution in [0.4, 0.5) is 4.39 Å². The third-order valence-corrected chi connectivity index (χ3v) is 1.83. The Balaban J connectivity index is 2.28. The van der Waals surface area contributed by atoms with Crippen molar-refractivity contribution in [2.75, 3.05) is 0 Å². The highest BCUT2D eigenvalue weighted by Gasteiger charge is 2.25. The Kier molecular flexibility index (Phi) is 1.42. The summed E-state index contributed by atoms with van der Waals surface area (Å²) in [4.78, 5) is 0. The SMILES string of the molecule is OCc1nn(C2CC2)cc1F. The summed E-state index contributed by atoms with van der Waals surface area (Å²) in [5, 5.41) is 12.5. The quantitative estimate of drug-likeness (QED) is 0.689. The molecule has 1 aromatic rings. The van der Waals surface area contributed by atoms with Gasteiger partial charge in [-0.25, -0.2) is 4.39 Å². The topological polar surface area (TPSA) is 38.1 Å². The van der Waals surface area contributed by atoms with Crippen LogP contribution < -0.4 is 0 Å². The van der Waals surface area contributed by atoms with E-state index >= 15 is 0 Å². The normalized spacial score (nSPS) is 17.3.